The van der Waals surface area contributed by atoms with Gasteiger partial charge < -0.3 is 19.0 Å². The van der Waals surface area contributed by atoms with Crippen molar-refractivity contribution in [2.75, 3.05) is 52.5 Å². The monoisotopic (exact) mass is 375 g/mol. The van der Waals surface area contributed by atoms with Crippen LogP contribution < -0.4 is 0 Å². The lowest BCUT2D eigenvalue weighted by molar-refractivity contribution is -0.136. The molecule has 2 unspecified atom stereocenters. The van der Waals surface area contributed by atoms with Crippen LogP contribution in [0.5, 0.6) is 0 Å². The van der Waals surface area contributed by atoms with Crippen LogP contribution in [0.25, 0.3) is 0 Å². The van der Waals surface area contributed by atoms with Gasteiger partial charge in [0, 0.05) is 39.3 Å². The van der Waals surface area contributed by atoms with Crippen LogP contribution in [0.1, 0.15) is 36.2 Å². The Morgan fingerprint density at radius 1 is 1.07 bits per heavy atom. The first-order chi connectivity index (χ1) is 13.2. The Hall–Kier alpha value is -1.86. The summed E-state index contributed by atoms with van der Waals surface area (Å²) in [4.78, 5) is 32.1. The number of hydrogen-bond acceptors (Lipinski definition) is 5. The van der Waals surface area contributed by atoms with Gasteiger partial charge in [-0.1, -0.05) is 0 Å². The van der Waals surface area contributed by atoms with E-state index in [-0.39, 0.29) is 17.9 Å². The lowest BCUT2D eigenvalue weighted by Crippen LogP contribution is -2.52. The van der Waals surface area contributed by atoms with E-state index in [0.717, 1.165) is 71.6 Å². The summed E-state index contributed by atoms with van der Waals surface area (Å²) in [6.45, 7) is 6.84. The molecule has 1 aromatic heterocycles. The first-order valence-corrected chi connectivity index (χ1v) is 10.2. The van der Waals surface area contributed by atoms with Crippen LogP contribution in [0.2, 0.25) is 0 Å². The van der Waals surface area contributed by atoms with Crippen molar-refractivity contribution in [3.63, 3.8) is 0 Å². The Kier molecular flexibility index (Phi) is 5.78. The van der Waals surface area contributed by atoms with Gasteiger partial charge in [0.25, 0.3) is 5.91 Å². The molecule has 7 nitrogen and oxygen atoms in total. The highest BCUT2D eigenvalue weighted by Crippen LogP contribution is 2.25. The summed E-state index contributed by atoms with van der Waals surface area (Å²) in [5, 5.41) is 0. The third-order valence-corrected chi connectivity index (χ3v) is 6.00. The maximum Gasteiger partial charge on any atom is 0.290 e. The molecule has 4 heterocycles. The summed E-state index contributed by atoms with van der Waals surface area (Å²) < 4.78 is 10.7. The number of furan rings is 1. The zero-order chi connectivity index (χ0) is 18.6. The number of morpholine rings is 1. The zero-order valence-electron chi connectivity index (χ0n) is 15.8. The number of likely N-dealkylation sites (tertiary alicyclic amines) is 2. The lowest BCUT2D eigenvalue weighted by Gasteiger charge is -2.36. The molecule has 0 aromatic carbocycles. The van der Waals surface area contributed by atoms with Gasteiger partial charge in [0.2, 0.25) is 5.91 Å². The van der Waals surface area contributed by atoms with E-state index in [0.29, 0.717) is 18.2 Å². The number of carbonyl (C=O) groups is 2. The van der Waals surface area contributed by atoms with Crippen molar-refractivity contribution < 1.29 is 18.7 Å². The zero-order valence-corrected chi connectivity index (χ0v) is 15.8. The number of ether oxygens (including phenoxy) is 1. The molecule has 4 rings (SSSR count). The van der Waals surface area contributed by atoms with Crippen molar-refractivity contribution in [3.8, 4) is 0 Å². The van der Waals surface area contributed by atoms with E-state index in [1.807, 2.05) is 4.90 Å². The molecular weight excluding hydrogens is 346 g/mol. The largest absolute Gasteiger partial charge is 0.459 e. The first-order valence-electron chi connectivity index (χ1n) is 10.2. The second-order valence-electron chi connectivity index (χ2n) is 7.84. The third kappa shape index (κ3) is 4.19. The van der Waals surface area contributed by atoms with Gasteiger partial charge in [0.05, 0.1) is 19.5 Å². The molecule has 0 radical (unpaired) electrons. The second kappa shape index (κ2) is 8.44. The molecular formula is C20H29N3O4. The average molecular weight is 375 g/mol. The molecule has 2 amide bonds. The maximum absolute atomic E-state index is 13.2. The molecule has 0 spiro atoms. The minimum absolute atomic E-state index is 0.110. The fraction of sp³-hybridized carbons (Fsp3) is 0.700. The normalized spacial score (nSPS) is 27.1. The standard InChI is InChI=1S/C20H29N3O4/c24-19(22-8-6-16(15-22)14-21-9-12-26-13-10-21)17-4-1-2-7-23(17)20(25)18-5-3-11-27-18/h3,5,11,16-17H,1-2,4,6-10,12-15H2. The molecule has 0 N–H and O–H groups in total. The Labute approximate surface area is 160 Å². The average Bonchev–Trinajstić information content (AvgIpc) is 3.40. The number of piperidine rings is 1. The van der Waals surface area contributed by atoms with E-state index in [1.165, 1.54) is 6.26 Å². The van der Waals surface area contributed by atoms with E-state index in [1.54, 1.807) is 17.0 Å². The summed E-state index contributed by atoms with van der Waals surface area (Å²) in [6.07, 6.45) is 5.22. The molecule has 7 heteroatoms. The van der Waals surface area contributed by atoms with Gasteiger partial charge in [0.15, 0.2) is 5.76 Å². The van der Waals surface area contributed by atoms with Crippen molar-refractivity contribution in [2.24, 2.45) is 5.92 Å². The van der Waals surface area contributed by atoms with E-state index in [4.69, 9.17) is 9.15 Å². The van der Waals surface area contributed by atoms with Crippen molar-refractivity contribution >= 4 is 11.8 Å². The number of hydrogen-bond donors (Lipinski definition) is 0. The van der Waals surface area contributed by atoms with Gasteiger partial charge in [-0.15, -0.1) is 0 Å². The number of amides is 2. The van der Waals surface area contributed by atoms with E-state index < -0.39 is 0 Å². The third-order valence-electron chi connectivity index (χ3n) is 6.00. The topological polar surface area (TPSA) is 66.2 Å². The van der Waals surface area contributed by atoms with E-state index in [9.17, 15) is 9.59 Å². The summed E-state index contributed by atoms with van der Waals surface area (Å²) in [5.41, 5.74) is 0. The summed E-state index contributed by atoms with van der Waals surface area (Å²) in [6, 6.07) is 3.04. The summed E-state index contributed by atoms with van der Waals surface area (Å²) in [5.74, 6) is 0.785. The Balaban J connectivity index is 1.36. The number of nitrogens with zero attached hydrogens (tertiary/aromatic N) is 3. The van der Waals surface area contributed by atoms with Gasteiger partial charge >= 0.3 is 0 Å². The maximum atomic E-state index is 13.2. The van der Waals surface area contributed by atoms with Gasteiger partial charge in [-0.25, -0.2) is 0 Å². The fourth-order valence-corrected chi connectivity index (χ4v) is 4.51. The van der Waals surface area contributed by atoms with Crippen LogP contribution in [-0.2, 0) is 9.53 Å². The molecule has 27 heavy (non-hydrogen) atoms. The summed E-state index contributed by atoms with van der Waals surface area (Å²) in [7, 11) is 0. The number of carbonyl (C=O) groups excluding carboxylic acids is 2. The van der Waals surface area contributed by atoms with Gasteiger partial charge in [-0.2, -0.15) is 0 Å². The van der Waals surface area contributed by atoms with Crippen molar-refractivity contribution in [3.05, 3.63) is 24.2 Å². The number of rotatable bonds is 4. The molecule has 3 fully saturated rings. The SMILES string of the molecule is O=C(C1CCCCN1C(=O)c1ccco1)N1CCC(CN2CCOCC2)C1. The highest BCUT2D eigenvalue weighted by Gasteiger charge is 2.38. The van der Waals surface area contributed by atoms with E-state index in [2.05, 4.69) is 4.90 Å². The quantitative estimate of drug-likeness (QED) is 0.797. The van der Waals surface area contributed by atoms with Crippen LogP contribution in [0.4, 0.5) is 0 Å². The Morgan fingerprint density at radius 2 is 1.93 bits per heavy atom. The molecule has 0 bridgehead atoms. The van der Waals surface area contributed by atoms with Crippen LogP contribution in [0.3, 0.4) is 0 Å². The minimum atomic E-state index is -0.349. The smallest absolute Gasteiger partial charge is 0.290 e. The van der Waals surface area contributed by atoms with Gasteiger partial charge in [-0.05, 0) is 43.7 Å². The molecule has 1 aromatic rings. The predicted molar refractivity (Wildman–Crippen MR) is 99.3 cm³/mol. The van der Waals surface area contributed by atoms with Crippen molar-refractivity contribution in [2.45, 2.75) is 31.7 Å². The van der Waals surface area contributed by atoms with Crippen molar-refractivity contribution in [1.82, 2.24) is 14.7 Å². The summed E-state index contributed by atoms with van der Waals surface area (Å²) >= 11 is 0. The van der Waals surface area contributed by atoms with Gasteiger partial charge in [0.1, 0.15) is 6.04 Å². The molecule has 148 valence electrons. The Bertz CT molecular complexity index is 642. The molecule has 0 aliphatic carbocycles. The molecule has 2 atom stereocenters. The van der Waals surface area contributed by atoms with E-state index >= 15 is 0 Å². The highest BCUT2D eigenvalue weighted by molar-refractivity contribution is 5.95. The molecule has 3 aliphatic rings. The first kappa shape index (κ1) is 18.5. The fourth-order valence-electron chi connectivity index (χ4n) is 4.51. The predicted octanol–water partition coefficient (Wildman–Crippen LogP) is 1.45. The Morgan fingerprint density at radius 3 is 2.70 bits per heavy atom. The second-order valence-corrected chi connectivity index (χ2v) is 7.84. The lowest BCUT2D eigenvalue weighted by atomic mass is 10.0. The van der Waals surface area contributed by atoms with Crippen LogP contribution in [-0.4, -0.2) is 85.0 Å². The molecule has 0 saturated carbocycles. The minimum Gasteiger partial charge on any atom is -0.459 e. The highest BCUT2D eigenvalue weighted by atomic mass is 16.5. The molecule has 3 saturated heterocycles. The van der Waals surface area contributed by atoms with Crippen molar-refractivity contribution in [1.29, 1.82) is 0 Å². The van der Waals surface area contributed by atoms with Crippen LogP contribution >= 0.6 is 0 Å². The van der Waals surface area contributed by atoms with Crippen LogP contribution in [0, 0.1) is 5.92 Å². The van der Waals surface area contributed by atoms with Crippen LogP contribution in [0.15, 0.2) is 22.8 Å². The molecule has 3 aliphatic heterocycles. The van der Waals surface area contributed by atoms with Gasteiger partial charge in [-0.3, -0.25) is 14.5 Å².